The van der Waals surface area contributed by atoms with E-state index in [2.05, 4.69) is 15.6 Å². The van der Waals surface area contributed by atoms with Crippen molar-refractivity contribution in [1.82, 2.24) is 4.98 Å². The lowest BCUT2D eigenvalue weighted by molar-refractivity contribution is -0.118. The molecule has 2 amide bonds. The normalized spacial score (nSPS) is 10.6. The minimum atomic E-state index is -0.165. The molecular formula is C16H19N3O2S. The highest BCUT2D eigenvalue weighted by molar-refractivity contribution is 7.13. The van der Waals surface area contributed by atoms with E-state index in [0.29, 0.717) is 16.3 Å². The van der Waals surface area contributed by atoms with Gasteiger partial charge in [0, 0.05) is 17.3 Å². The third kappa shape index (κ3) is 3.92. The van der Waals surface area contributed by atoms with Crippen LogP contribution in [0, 0.1) is 19.8 Å². The quantitative estimate of drug-likeness (QED) is 0.905. The minimum Gasteiger partial charge on any atom is -0.326 e. The number of carbonyl (C=O) groups is 2. The highest BCUT2D eigenvalue weighted by Gasteiger charge is 2.14. The van der Waals surface area contributed by atoms with Gasteiger partial charge in [-0.05, 0) is 38.1 Å². The molecule has 2 rings (SSSR count). The largest absolute Gasteiger partial charge is 0.326 e. The molecule has 1 heterocycles. The molecule has 0 saturated heterocycles. The molecule has 0 spiro atoms. The summed E-state index contributed by atoms with van der Waals surface area (Å²) in [5.74, 6) is -0.272. The van der Waals surface area contributed by atoms with E-state index in [1.165, 1.54) is 11.3 Å². The first-order valence-electron chi connectivity index (χ1n) is 7.03. The van der Waals surface area contributed by atoms with Crippen molar-refractivity contribution in [3.05, 3.63) is 39.8 Å². The van der Waals surface area contributed by atoms with E-state index in [-0.39, 0.29) is 17.7 Å². The first-order valence-corrected chi connectivity index (χ1v) is 7.84. The van der Waals surface area contributed by atoms with E-state index in [1.54, 1.807) is 24.3 Å². The first-order chi connectivity index (χ1) is 10.4. The Balaban J connectivity index is 2.03. The molecule has 0 radical (unpaired) electrons. The molecule has 0 unspecified atom stereocenters. The van der Waals surface area contributed by atoms with E-state index in [1.807, 2.05) is 27.7 Å². The second-order valence-electron chi connectivity index (χ2n) is 5.32. The fourth-order valence-electron chi connectivity index (χ4n) is 1.85. The van der Waals surface area contributed by atoms with Crippen molar-refractivity contribution in [2.75, 3.05) is 10.6 Å². The van der Waals surface area contributed by atoms with Crippen LogP contribution in [0.5, 0.6) is 0 Å². The molecule has 2 N–H and O–H groups in total. The van der Waals surface area contributed by atoms with Gasteiger partial charge in [0.25, 0.3) is 5.91 Å². The molecule has 0 saturated carbocycles. The second kappa shape index (κ2) is 6.70. The van der Waals surface area contributed by atoms with Crippen LogP contribution in [0.15, 0.2) is 24.3 Å². The topological polar surface area (TPSA) is 71.1 Å². The molecule has 1 aromatic carbocycles. The predicted octanol–water partition coefficient (Wildman–Crippen LogP) is 3.61. The Morgan fingerprint density at radius 1 is 1.05 bits per heavy atom. The molecule has 0 bridgehead atoms. The van der Waals surface area contributed by atoms with Crippen LogP contribution in [0.2, 0.25) is 0 Å². The molecular weight excluding hydrogens is 298 g/mol. The van der Waals surface area contributed by atoms with E-state index in [9.17, 15) is 9.59 Å². The van der Waals surface area contributed by atoms with Crippen molar-refractivity contribution >= 4 is 34.5 Å². The molecule has 1 aromatic heterocycles. The lowest BCUT2D eigenvalue weighted by Crippen LogP contribution is -2.17. The maximum Gasteiger partial charge on any atom is 0.267 e. The number of carbonyl (C=O) groups excluding carboxylic acids is 2. The summed E-state index contributed by atoms with van der Waals surface area (Å²) >= 11 is 1.38. The fraction of sp³-hybridized carbons (Fsp3) is 0.312. The van der Waals surface area contributed by atoms with E-state index < -0.39 is 0 Å². The van der Waals surface area contributed by atoms with Crippen molar-refractivity contribution in [3.63, 3.8) is 0 Å². The molecule has 2 aromatic rings. The lowest BCUT2D eigenvalue weighted by atomic mass is 10.2. The van der Waals surface area contributed by atoms with Gasteiger partial charge in [-0.1, -0.05) is 13.8 Å². The number of aromatic nitrogens is 1. The average molecular weight is 317 g/mol. The summed E-state index contributed by atoms with van der Waals surface area (Å²) in [7, 11) is 0. The zero-order valence-electron chi connectivity index (χ0n) is 13.1. The lowest BCUT2D eigenvalue weighted by Gasteiger charge is -2.09. The highest BCUT2D eigenvalue weighted by atomic mass is 32.1. The summed E-state index contributed by atoms with van der Waals surface area (Å²) in [4.78, 5) is 28.7. The van der Waals surface area contributed by atoms with Crippen LogP contribution < -0.4 is 10.6 Å². The Morgan fingerprint density at radius 2 is 1.59 bits per heavy atom. The maximum atomic E-state index is 12.2. The number of benzene rings is 1. The van der Waals surface area contributed by atoms with Crippen molar-refractivity contribution in [2.24, 2.45) is 5.92 Å². The van der Waals surface area contributed by atoms with Gasteiger partial charge in [0.15, 0.2) is 0 Å². The summed E-state index contributed by atoms with van der Waals surface area (Å²) in [6, 6.07) is 7.05. The van der Waals surface area contributed by atoms with Gasteiger partial charge in [-0.2, -0.15) is 0 Å². The Morgan fingerprint density at radius 3 is 2.05 bits per heavy atom. The predicted molar refractivity (Wildman–Crippen MR) is 89.5 cm³/mol. The number of hydrogen-bond donors (Lipinski definition) is 2. The van der Waals surface area contributed by atoms with Gasteiger partial charge in [-0.25, -0.2) is 4.98 Å². The number of nitrogens with one attached hydrogen (secondary N) is 2. The van der Waals surface area contributed by atoms with Crippen LogP contribution in [0.4, 0.5) is 11.4 Å². The van der Waals surface area contributed by atoms with Gasteiger partial charge >= 0.3 is 0 Å². The summed E-state index contributed by atoms with van der Waals surface area (Å²) in [6.45, 7) is 7.37. The molecule has 116 valence electrons. The van der Waals surface area contributed by atoms with E-state index in [4.69, 9.17) is 0 Å². The number of amides is 2. The molecule has 0 aliphatic heterocycles. The van der Waals surface area contributed by atoms with E-state index >= 15 is 0 Å². The van der Waals surface area contributed by atoms with Gasteiger partial charge < -0.3 is 10.6 Å². The van der Waals surface area contributed by atoms with Crippen LogP contribution in [-0.2, 0) is 4.79 Å². The summed E-state index contributed by atoms with van der Waals surface area (Å²) < 4.78 is 0. The number of aryl methyl sites for hydroxylation is 2. The number of hydrogen-bond acceptors (Lipinski definition) is 4. The summed E-state index contributed by atoms with van der Waals surface area (Å²) in [5, 5.41) is 6.51. The minimum absolute atomic E-state index is 0.0347. The van der Waals surface area contributed by atoms with Crippen LogP contribution >= 0.6 is 11.3 Å². The van der Waals surface area contributed by atoms with Gasteiger partial charge in [0.1, 0.15) is 4.88 Å². The van der Waals surface area contributed by atoms with Crippen molar-refractivity contribution < 1.29 is 9.59 Å². The number of nitrogens with zero attached hydrogens (tertiary/aromatic N) is 1. The highest BCUT2D eigenvalue weighted by Crippen LogP contribution is 2.20. The van der Waals surface area contributed by atoms with Crippen molar-refractivity contribution in [2.45, 2.75) is 27.7 Å². The van der Waals surface area contributed by atoms with Crippen molar-refractivity contribution in [3.8, 4) is 0 Å². The summed E-state index contributed by atoms with van der Waals surface area (Å²) in [5.41, 5.74) is 2.13. The third-order valence-corrected chi connectivity index (χ3v) is 4.12. The number of rotatable bonds is 4. The van der Waals surface area contributed by atoms with Gasteiger partial charge in [0.05, 0.1) is 10.7 Å². The fourth-order valence-corrected chi connectivity index (χ4v) is 2.67. The number of anilines is 2. The average Bonchev–Trinajstić information content (AvgIpc) is 2.79. The molecule has 5 nitrogen and oxygen atoms in total. The zero-order chi connectivity index (χ0) is 16.3. The van der Waals surface area contributed by atoms with Crippen molar-refractivity contribution in [1.29, 1.82) is 0 Å². The van der Waals surface area contributed by atoms with Gasteiger partial charge in [-0.15, -0.1) is 11.3 Å². The Bertz CT molecular complexity index is 690. The standard InChI is InChI=1S/C16H19N3O2S/c1-9(2)15(20)18-12-5-7-13(8-6-12)19-16(21)14-10(3)17-11(4)22-14/h5-9H,1-4H3,(H,18,20)(H,19,21). The molecule has 0 aliphatic carbocycles. The molecule has 0 fully saturated rings. The van der Waals surface area contributed by atoms with Crippen LogP contribution in [-0.4, -0.2) is 16.8 Å². The molecule has 0 atom stereocenters. The monoisotopic (exact) mass is 317 g/mol. The smallest absolute Gasteiger partial charge is 0.267 e. The molecule has 22 heavy (non-hydrogen) atoms. The van der Waals surface area contributed by atoms with E-state index in [0.717, 1.165) is 10.7 Å². The Kier molecular flexibility index (Phi) is 4.92. The molecule has 6 heteroatoms. The SMILES string of the molecule is Cc1nc(C)c(C(=O)Nc2ccc(NC(=O)C(C)C)cc2)s1. The van der Waals surface area contributed by atoms with Crippen LogP contribution in [0.1, 0.15) is 34.2 Å². The summed E-state index contributed by atoms with van der Waals surface area (Å²) in [6.07, 6.45) is 0. The first kappa shape index (κ1) is 16.2. The van der Waals surface area contributed by atoms with Gasteiger partial charge in [0.2, 0.25) is 5.91 Å². The molecule has 0 aliphatic rings. The van der Waals surface area contributed by atoms with Crippen LogP contribution in [0.3, 0.4) is 0 Å². The second-order valence-corrected chi connectivity index (χ2v) is 6.53. The Labute approximate surface area is 133 Å². The maximum absolute atomic E-state index is 12.2. The van der Waals surface area contributed by atoms with Crippen LogP contribution in [0.25, 0.3) is 0 Å². The zero-order valence-corrected chi connectivity index (χ0v) is 13.9. The Hall–Kier alpha value is -2.21. The third-order valence-electron chi connectivity index (χ3n) is 3.04. The van der Waals surface area contributed by atoms with Gasteiger partial charge in [-0.3, -0.25) is 9.59 Å². The number of thiazole rings is 1.